The van der Waals surface area contributed by atoms with Crippen molar-refractivity contribution in [3.63, 3.8) is 0 Å². The smallest absolute Gasteiger partial charge is 0.180 e. The summed E-state index contributed by atoms with van der Waals surface area (Å²) in [6, 6.07) is 3.95. The van der Waals surface area contributed by atoms with E-state index in [0.717, 1.165) is 16.5 Å². The molecule has 1 aromatic carbocycles. The Bertz CT molecular complexity index is 576. The van der Waals surface area contributed by atoms with Crippen molar-refractivity contribution in [3.8, 4) is 0 Å². The van der Waals surface area contributed by atoms with Crippen LogP contribution in [0.15, 0.2) is 24.4 Å². The summed E-state index contributed by atoms with van der Waals surface area (Å²) in [5, 5.41) is 0.531. The van der Waals surface area contributed by atoms with Crippen molar-refractivity contribution >= 4 is 28.9 Å². The minimum Gasteiger partial charge on any atom is -0.375 e. The van der Waals surface area contributed by atoms with E-state index in [4.69, 9.17) is 5.73 Å². The molecule has 0 saturated heterocycles. The minimum atomic E-state index is -0.825. The Kier molecular flexibility index (Phi) is 5.86. The monoisotopic (exact) mass is 319 g/mol. The molecule has 0 aliphatic heterocycles. The number of aromatic nitrogens is 1. The third-order valence-electron chi connectivity index (χ3n) is 3.06. The molecule has 1 heterocycles. The summed E-state index contributed by atoms with van der Waals surface area (Å²) >= 11 is 1.43. The van der Waals surface area contributed by atoms with E-state index in [1.165, 1.54) is 17.4 Å². The van der Waals surface area contributed by atoms with E-state index in [0.29, 0.717) is 11.7 Å². The van der Waals surface area contributed by atoms with Crippen LogP contribution in [0.1, 0.15) is 23.4 Å². The second-order valence-electron chi connectivity index (χ2n) is 4.43. The van der Waals surface area contributed by atoms with Crippen LogP contribution in [0, 0.1) is 11.6 Å². The van der Waals surface area contributed by atoms with Crippen molar-refractivity contribution in [1.82, 2.24) is 9.88 Å². The highest BCUT2D eigenvalue weighted by atomic mass is 35.5. The van der Waals surface area contributed by atoms with E-state index in [1.807, 2.05) is 18.9 Å². The fraction of sp³-hybridized carbons (Fsp3) is 0.308. The first-order chi connectivity index (χ1) is 8.97. The summed E-state index contributed by atoms with van der Waals surface area (Å²) in [6.45, 7) is 2.60. The molecular weight excluding hydrogens is 304 g/mol. The first-order valence-electron chi connectivity index (χ1n) is 5.82. The lowest BCUT2D eigenvalue weighted by molar-refractivity contribution is 0.254. The molecule has 0 spiro atoms. The molecule has 3 nitrogen and oxygen atoms in total. The molecule has 20 heavy (non-hydrogen) atoms. The van der Waals surface area contributed by atoms with Crippen LogP contribution in [-0.2, 0) is 6.54 Å². The Hall–Kier alpha value is -1.24. The molecular formula is C13H16ClF2N3S. The first-order valence-corrected chi connectivity index (χ1v) is 6.64. The number of hydrogen-bond donors (Lipinski definition) is 1. The maximum absolute atomic E-state index is 13.2. The van der Waals surface area contributed by atoms with Gasteiger partial charge in [0.1, 0.15) is 0 Å². The number of nitrogens with two attached hydrogens (primary N) is 1. The lowest BCUT2D eigenvalue weighted by Crippen LogP contribution is -2.21. The summed E-state index contributed by atoms with van der Waals surface area (Å²) < 4.78 is 26.1. The normalized spacial score (nSPS) is 12.2. The van der Waals surface area contributed by atoms with E-state index in [1.54, 1.807) is 12.3 Å². The summed E-state index contributed by atoms with van der Waals surface area (Å²) in [5.41, 5.74) is 6.31. The molecule has 110 valence electrons. The molecule has 0 bridgehead atoms. The van der Waals surface area contributed by atoms with Crippen LogP contribution in [0.5, 0.6) is 0 Å². The van der Waals surface area contributed by atoms with Gasteiger partial charge in [-0.05, 0) is 31.7 Å². The molecule has 1 aromatic heterocycles. The van der Waals surface area contributed by atoms with Gasteiger partial charge in [-0.3, -0.25) is 4.90 Å². The largest absolute Gasteiger partial charge is 0.375 e. The van der Waals surface area contributed by atoms with E-state index in [2.05, 4.69) is 4.98 Å². The fourth-order valence-electron chi connectivity index (χ4n) is 1.81. The summed E-state index contributed by atoms with van der Waals surface area (Å²) in [5.74, 6) is -1.64. The number of hydrogen-bond acceptors (Lipinski definition) is 4. The second kappa shape index (κ2) is 6.97. The third kappa shape index (κ3) is 3.88. The zero-order valence-corrected chi connectivity index (χ0v) is 12.8. The molecule has 1 unspecified atom stereocenters. The molecule has 0 radical (unpaired) electrons. The van der Waals surface area contributed by atoms with Crippen LogP contribution >= 0.6 is 23.7 Å². The minimum absolute atomic E-state index is 0. The third-order valence-corrected chi connectivity index (χ3v) is 3.88. The van der Waals surface area contributed by atoms with Gasteiger partial charge in [-0.15, -0.1) is 23.7 Å². The van der Waals surface area contributed by atoms with Crippen LogP contribution < -0.4 is 5.73 Å². The molecule has 2 N–H and O–H groups in total. The maximum atomic E-state index is 13.2. The highest BCUT2D eigenvalue weighted by Gasteiger charge is 2.15. The van der Waals surface area contributed by atoms with Crippen LogP contribution in [0.3, 0.4) is 0 Å². The van der Waals surface area contributed by atoms with Crippen LogP contribution in [0.4, 0.5) is 13.9 Å². The lowest BCUT2D eigenvalue weighted by Gasteiger charge is -2.24. The van der Waals surface area contributed by atoms with Gasteiger partial charge >= 0.3 is 0 Å². The number of thiazole rings is 1. The van der Waals surface area contributed by atoms with Gasteiger partial charge in [0, 0.05) is 23.7 Å². The summed E-state index contributed by atoms with van der Waals surface area (Å²) in [4.78, 5) is 7.05. The molecule has 0 saturated carbocycles. The predicted octanol–water partition coefficient (Wildman–Crippen LogP) is 3.62. The highest BCUT2D eigenvalue weighted by Crippen LogP contribution is 2.24. The van der Waals surface area contributed by atoms with Crippen LogP contribution in [0.25, 0.3) is 0 Å². The van der Waals surface area contributed by atoms with Crippen molar-refractivity contribution in [1.29, 1.82) is 0 Å². The standard InChI is InChI=1S/C13H15F2N3S.ClH/c1-8(9-3-4-11(14)12(15)5-9)18(2)7-10-6-17-13(16)19-10;/h3-6,8H,7H2,1-2H3,(H2,16,17);1H. The zero-order valence-electron chi connectivity index (χ0n) is 11.1. The fourth-order valence-corrected chi connectivity index (χ4v) is 2.55. The van der Waals surface area contributed by atoms with E-state index >= 15 is 0 Å². The highest BCUT2D eigenvalue weighted by molar-refractivity contribution is 7.15. The predicted molar refractivity (Wildman–Crippen MR) is 80.0 cm³/mol. The van der Waals surface area contributed by atoms with Crippen molar-refractivity contribution in [2.75, 3.05) is 12.8 Å². The SMILES string of the molecule is CC(c1ccc(F)c(F)c1)N(C)Cc1cnc(N)s1.Cl. The van der Waals surface area contributed by atoms with Gasteiger partial charge in [0.15, 0.2) is 16.8 Å². The number of nitrogen functional groups attached to an aromatic ring is 1. The molecule has 0 amide bonds. The molecule has 1 atom stereocenters. The number of benzene rings is 1. The number of rotatable bonds is 4. The van der Waals surface area contributed by atoms with Crippen LogP contribution in [-0.4, -0.2) is 16.9 Å². The van der Waals surface area contributed by atoms with E-state index < -0.39 is 11.6 Å². The zero-order chi connectivity index (χ0) is 14.0. The van der Waals surface area contributed by atoms with Crippen molar-refractivity contribution in [3.05, 3.63) is 46.5 Å². The lowest BCUT2D eigenvalue weighted by atomic mass is 10.1. The van der Waals surface area contributed by atoms with Crippen molar-refractivity contribution in [2.45, 2.75) is 19.5 Å². The van der Waals surface area contributed by atoms with Gasteiger partial charge in [0.25, 0.3) is 0 Å². The van der Waals surface area contributed by atoms with Crippen molar-refractivity contribution in [2.24, 2.45) is 0 Å². The van der Waals surface area contributed by atoms with Crippen LogP contribution in [0.2, 0.25) is 0 Å². The average molecular weight is 320 g/mol. The Morgan fingerprint density at radius 2 is 2.05 bits per heavy atom. The first kappa shape index (κ1) is 16.8. The molecule has 0 fully saturated rings. The average Bonchev–Trinajstić information content (AvgIpc) is 2.77. The molecule has 2 aromatic rings. The molecule has 7 heteroatoms. The molecule has 0 aliphatic carbocycles. The van der Waals surface area contributed by atoms with Gasteiger partial charge in [0.05, 0.1) is 0 Å². The Balaban J connectivity index is 0.00000200. The van der Waals surface area contributed by atoms with Gasteiger partial charge < -0.3 is 5.73 Å². The van der Waals surface area contributed by atoms with E-state index in [-0.39, 0.29) is 18.4 Å². The molecule has 2 rings (SSSR count). The maximum Gasteiger partial charge on any atom is 0.180 e. The van der Waals surface area contributed by atoms with Gasteiger partial charge in [-0.2, -0.15) is 0 Å². The number of halogens is 3. The Morgan fingerprint density at radius 3 is 2.60 bits per heavy atom. The van der Waals surface area contributed by atoms with E-state index in [9.17, 15) is 8.78 Å². The Labute approximate surface area is 126 Å². The van der Waals surface area contributed by atoms with Crippen molar-refractivity contribution < 1.29 is 8.78 Å². The van der Waals surface area contributed by atoms with Gasteiger partial charge in [0.2, 0.25) is 0 Å². The second-order valence-corrected chi connectivity index (χ2v) is 5.58. The topological polar surface area (TPSA) is 42.2 Å². The van der Waals surface area contributed by atoms with Gasteiger partial charge in [-0.1, -0.05) is 6.07 Å². The van der Waals surface area contributed by atoms with Gasteiger partial charge in [-0.25, -0.2) is 13.8 Å². The molecule has 0 aliphatic rings. The summed E-state index contributed by atoms with van der Waals surface area (Å²) in [7, 11) is 1.92. The number of anilines is 1. The quantitative estimate of drug-likeness (QED) is 0.936. The summed E-state index contributed by atoms with van der Waals surface area (Å²) in [6.07, 6.45) is 1.73. The Morgan fingerprint density at radius 1 is 1.35 bits per heavy atom. The number of nitrogens with zero attached hydrogens (tertiary/aromatic N) is 2.